The molecule has 5 heteroatoms. The maximum Gasteiger partial charge on any atom is 0.225 e. The number of methoxy groups -OCH3 is 1. The van der Waals surface area contributed by atoms with E-state index in [1.54, 1.807) is 19.4 Å². The Kier molecular flexibility index (Phi) is 3.53. The highest BCUT2D eigenvalue weighted by molar-refractivity contribution is 8.00. The third-order valence-corrected chi connectivity index (χ3v) is 4.52. The van der Waals surface area contributed by atoms with Gasteiger partial charge in [0.1, 0.15) is 0 Å². The second-order valence-electron chi connectivity index (χ2n) is 4.02. The molecule has 1 aromatic rings. The standard InChI is InChI=1S/C11H17N3OS/c1-15-9-4-7-12-10(14-9)13-8-11(16-2)5-3-6-11/h4,7H,3,5-6,8H2,1-2H3,(H,12,13,14). The first-order valence-corrected chi connectivity index (χ1v) is 6.66. The van der Waals surface area contributed by atoms with Crippen molar-refractivity contribution in [3.05, 3.63) is 12.3 Å². The van der Waals surface area contributed by atoms with Gasteiger partial charge in [-0.15, -0.1) is 0 Å². The van der Waals surface area contributed by atoms with E-state index in [-0.39, 0.29) is 0 Å². The molecule has 1 aromatic heterocycles. The Labute approximate surface area is 100 Å². The zero-order chi connectivity index (χ0) is 11.4. The number of nitrogens with zero attached hydrogens (tertiary/aromatic N) is 2. The fraction of sp³-hybridized carbons (Fsp3) is 0.636. The van der Waals surface area contributed by atoms with Gasteiger partial charge in [-0.3, -0.25) is 0 Å². The van der Waals surface area contributed by atoms with Gasteiger partial charge in [0.15, 0.2) is 0 Å². The number of nitrogens with one attached hydrogen (secondary N) is 1. The highest BCUT2D eigenvalue weighted by Crippen LogP contribution is 2.42. The van der Waals surface area contributed by atoms with Crippen molar-refractivity contribution < 1.29 is 4.74 Å². The molecule has 0 aliphatic heterocycles. The summed E-state index contributed by atoms with van der Waals surface area (Å²) in [5.74, 6) is 1.25. The lowest BCUT2D eigenvalue weighted by molar-refractivity contribution is 0.378. The summed E-state index contributed by atoms with van der Waals surface area (Å²) in [6, 6.07) is 1.75. The average Bonchev–Trinajstić information content (AvgIpc) is 2.29. The quantitative estimate of drug-likeness (QED) is 0.853. The molecule has 2 rings (SSSR count). The zero-order valence-electron chi connectivity index (χ0n) is 9.69. The first kappa shape index (κ1) is 11.5. The summed E-state index contributed by atoms with van der Waals surface area (Å²) in [6.07, 6.45) is 7.78. The lowest BCUT2D eigenvalue weighted by Gasteiger charge is -2.40. The summed E-state index contributed by atoms with van der Waals surface area (Å²) in [5, 5.41) is 3.29. The zero-order valence-corrected chi connectivity index (χ0v) is 10.5. The molecule has 16 heavy (non-hydrogen) atoms. The Hall–Kier alpha value is -0.970. The van der Waals surface area contributed by atoms with Gasteiger partial charge in [-0.05, 0) is 19.1 Å². The summed E-state index contributed by atoms with van der Waals surface area (Å²) in [6.45, 7) is 0.932. The van der Waals surface area contributed by atoms with Gasteiger partial charge in [-0.25, -0.2) is 4.98 Å². The van der Waals surface area contributed by atoms with Gasteiger partial charge in [0.25, 0.3) is 0 Å². The number of hydrogen-bond donors (Lipinski definition) is 1. The SMILES string of the molecule is COc1ccnc(NCC2(SC)CCC2)n1. The van der Waals surface area contributed by atoms with E-state index in [2.05, 4.69) is 21.5 Å². The lowest BCUT2D eigenvalue weighted by atomic mass is 9.84. The normalized spacial score (nSPS) is 17.6. The van der Waals surface area contributed by atoms with Crippen LogP contribution in [0.5, 0.6) is 5.88 Å². The van der Waals surface area contributed by atoms with Crippen molar-refractivity contribution in [1.29, 1.82) is 0 Å². The van der Waals surface area contributed by atoms with Crippen LogP contribution in [0.4, 0.5) is 5.95 Å². The predicted octanol–water partition coefficient (Wildman–Crippen LogP) is 2.18. The minimum atomic E-state index is 0.395. The smallest absolute Gasteiger partial charge is 0.225 e. The molecule has 0 aromatic carbocycles. The predicted molar refractivity (Wildman–Crippen MR) is 67.2 cm³/mol. The highest BCUT2D eigenvalue weighted by Gasteiger charge is 2.35. The summed E-state index contributed by atoms with van der Waals surface area (Å²) >= 11 is 1.94. The number of rotatable bonds is 5. The Morgan fingerprint density at radius 3 is 2.94 bits per heavy atom. The van der Waals surface area contributed by atoms with Gasteiger partial charge in [0.2, 0.25) is 11.8 Å². The molecule has 4 nitrogen and oxygen atoms in total. The third-order valence-electron chi connectivity index (χ3n) is 3.11. The summed E-state index contributed by atoms with van der Waals surface area (Å²) in [4.78, 5) is 8.40. The van der Waals surface area contributed by atoms with Crippen LogP contribution in [0.3, 0.4) is 0 Å². The van der Waals surface area contributed by atoms with E-state index < -0.39 is 0 Å². The van der Waals surface area contributed by atoms with Gasteiger partial charge in [0.05, 0.1) is 7.11 Å². The van der Waals surface area contributed by atoms with Gasteiger partial charge >= 0.3 is 0 Å². The molecule has 0 saturated heterocycles. The van der Waals surface area contributed by atoms with E-state index in [9.17, 15) is 0 Å². The van der Waals surface area contributed by atoms with Crippen LogP contribution in [0.2, 0.25) is 0 Å². The molecular weight excluding hydrogens is 222 g/mol. The fourth-order valence-electron chi connectivity index (χ4n) is 1.81. The van der Waals surface area contributed by atoms with Gasteiger partial charge in [0, 0.05) is 23.6 Å². The molecule has 0 amide bonds. The summed E-state index contributed by atoms with van der Waals surface area (Å²) < 4.78 is 5.45. The van der Waals surface area contributed by atoms with Crippen LogP contribution in [-0.2, 0) is 0 Å². The molecule has 1 N–H and O–H groups in total. The summed E-state index contributed by atoms with van der Waals surface area (Å²) in [7, 11) is 1.61. The minimum absolute atomic E-state index is 0.395. The third kappa shape index (κ3) is 2.40. The van der Waals surface area contributed by atoms with Crippen molar-refractivity contribution in [2.45, 2.75) is 24.0 Å². The van der Waals surface area contributed by atoms with Crippen LogP contribution in [-0.4, -0.2) is 34.6 Å². The van der Waals surface area contributed by atoms with Crippen LogP contribution < -0.4 is 10.1 Å². The molecule has 0 radical (unpaired) electrons. The van der Waals surface area contributed by atoms with Gasteiger partial charge in [-0.2, -0.15) is 16.7 Å². The molecule has 1 aliphatic carbocycles. The van der Waals surface area contributed by atoms with Crippen LogP contribution in [0.15, 0.2) is 12.3 Å². The molecule has 0 spiro atoms. The molecule has 1 heterocycles. The van der Waals surface area contributed by atoms with Crippen molar-refractivity contribution in [1.82, 2.24) is 9.97 Å². The van der Waals surface area contributed by atoms with Crippen molar-refractivity contribution in [2.24, 2.45) is 0 Å². The van der Waals surface area contributed by atoms with Crippen molar-refractivity contribution in [3.63, 3.8) is 0 Å². The molecular formula is C11H17N3OS. The van der Waals surface area contributed by atoms with E-state index in [0.717, 1.165) is 6.54 Å². The number of hydrogen-bond acceptors (Lipinski definition) is 5. The monoisotopic (exact) mass is 239 g/mol. The largest absolute Gasteiger partial charge is 0.481 e. The molecule has 0 unspecified atom stereocenters. The highest BCUT2D eigenvalue weighted by atomic mass is 32.2. The molecule has 88 valence electrons. The lowest BCUT2D eigenvalue weighted by Crippen LogP contribution is -2.40. The van der Waals surface area contributed by atoms with E-state index >= 15 is 0 Å². The second kappa shape index (κ2) is 4.91. The van der Waals surface area contributed by atoms with Crippen molar-refractivity contribution in [2.75, 3.05) is 25.2 Å². The van der Waals surface area contributed by atoms with Crippen LogP contribution in [0.1, 0.15) is 19.3 Å². The molecule has 1 saturated carbocycles. The van der Waals surface area contributed by atoms with E-state index in [1.807, 2.05) is 11.8 Å². The van der Waals surface area contributed by atoms with E-state index in [0.29, 0.717) is 16.6 Å². The number of anilines is 1. The first-order valence-electron chi connectivity index (χ1n) is 5.44. The van der Waals surface area contributed by atoms with Crippen molar-refractivity contribution >= 4 is 17.7 Å². The molecule has 1 fully saturated rings. The number of aromatic nitrogens is 2. The average molecular weight is 239 g/mol. The fourth-order valence-corrected chi connectivity index (χ4v) is 2.72. The Morgan fingerprint density at radius 2 is 2.38 bits per heavy atom. The van der Waals surface area contributed by atoms with Gasteiger partial charge < -0.3 is 10.1 Å². The number of thioether (sulfide) groups is 1. The number of ether oxygens (including phenoxy) is 1. The maximum atomic E-state index is 5.06. The maximum absolute atomic E-state index is 5.06. The summed E-state index contributed by atoms with van der Waals surface area (Å²) in [5.41, 5.74) is 0. The van der Waals surface area contributed by atoms with E-state index in [1.165, 1.54) is 19.3 Å². The first-order chi connectivity index (χ1) is 7.78. The Bertz CT molecular complexity index is 349. The molecule has 0 atom stereocenters. The Balaban J connectivity index is 1.93. The van der Waals surface area contributed by atoms with Crippen LogP contribution in [0, 0.1) is 0 Å². The molecule has 1 aliphatic rings. The Morgan fingerprint density at radius 1 is 1.56 bits per heavy atom. The van der Waals surface area contributed by atoms with Crippen LogP contribution >= 0.6 is 11.8 Å². The topological polar surface area (TPSA) is 47.0 Å². The molecule has 0 bridgehead atoms. The second-order valence-corrected chi connectivity index (χ2v) is 5.29. The van der Waals surface area contributed by atoms with Crippen LogP contribution in [0.25, 0.3) is 0 Å². The van der Waals surface area contributed by atoms with Gasteiger partial charge in [-0.1, -0.05) is 6.42 Å². The van der Waals surface area contributed by atoms with Crippen molar-refractivity contribution in [3.8, 4) is 5.88 Å². The van der Waals surface area contributed by atoms with E-state index in [4.69, 9.17) is 4.74 Å². The minimum Gasteiger partial charge on any atom is -0.481 e.